The number of carboxylic acid groups (broad SMARTS) is 1. The fourth-order valence-electron chi connectivity index (χ4n) is 2.15. The number of nitrogens with zero attached hydrogens (tertiary/aromatic N) is 2. The van der Waals surface area contributed by atoms with Gasteiger partial charge in [-0.25, -0.2) is 4.79 Å². The van der Waals surface area contributed by atoms with E-state index in [-0.39, 0.29) is 11.2 Å². The summed E-state index contributed by atoms with van der Waals surface area (Å²) in [5.74, 6) is -0.656. The number of carbonyl (C=O) groups is 1. The molecule has 0 spiro atoms. The smallest absolute Gasteiger partial charge is 0.377 e. The van der Waals surface area contributed by atoms with Crippen LogP contribution < -0.4 is 5.32 Å². The van der Waals surface area contributed by atoms with Crippen LogP contribution in [-0.4, -0.2) is 34.3 Å². The lowest BCUT2D eigenvalue weighted by atomic mass is 9.76. The van der Waals surface area contributed by atoms with Crippen LogP contribution in [0.4, 0.5) is 0 Å². The van der Waals surface area contributed by atoms with E-state index < -0.39 is 5.97 Å². The van der Waals surface area contributed by atoms with Crippen molar-refractivity contribution in [3.05, 3.63) is 11.7 Å². The third-order valence-electron chi connectivity index (χ3n) is 3.34. The van der Waals surface area contributed by atoms with Crippen molar-refractivity contribution in [1.29, 1.82) is 0 Å². The molecule has 2 N–H and O–H groups in total. The van der Waals surface area contributed by atoms with Gasteiger partial charge >= 0.3 is 5.97 Å². The molecule has 1 aliphatic rings. The highest BCUT2D eigenvalue weighted by Gasteiger charge is 2.43. The molecule has 0 aliphatic carbocycles. The molecule has 1 unspecified atom stereocenters. The Labute approximate surface area is 93.0 Å². The van der Waals surface area contributed by atoms with Crippen molar-refractivity contribution in [1.82, 2.24) is 15.5 Å². The van der Waals surface area contributed by atoms with E-state index in [1.807, 2.05) is 0 Å². The first-order chi connectivity index (χ1) is 7.56. The lowest BCUT2D eigenvalue weighted by Gasteiger charge is -2.27. The average molecular weight is 225 g/mol. The number of hydrogen-bond donors (Lipinski definition) is 2. The molecule has 0 bridgehead atoms. The fourth-order valence-corrected chi connectivity index (χ4v) is 2.15. The molecule has 0 aromatic carbocycles. The van der Waals surface area contributed by atoms with Crippen LogP contribution in [0.25, 0.3) is 0 Å². The second-order valence-corrected chi connectivity index (χ2v) is 4.47. The van der Waals surface area contributed by atoms with Crippen molar-refractivity contribution in [2.75, 3.05) is 13.1 Å². The molecule has 6 nitrogen and oxygen atoms in total. The zero-order valence-corrected chi connectivity index (χ0v) is 9.36. The van der Waals surface area contributed by atoms with Gasteiger partial charge < -0.3 is 14.9 Å². The SMILES string of the molecule is CC(C)C1(c2nc(C(=O)O)no2)CCNC1. The van der Waals surface area contributed by atoms with Crippen LogP contribution in [0.5, 0.6) is 0 Å². The van der Waals surface area contributed by atoms with E-state index in [9.17, 15) is 4.79 Å². The molecule has 1 atom stereocenters. The van der Waals surface area contributed by atoms with Crippen LogP contribution in [0.2, 0.25) is 0 Å². The Morgan fingerprint density at radius 1 is 1.62 bits per heavy atom. The summed E-state index contributed by atoms with van der Waals surface area (Å²) in [5.41, 5.74) is -0.222. The molecule has 2 rings (SSSR count). The van der Waals surface area contributed by atoms with Gasteiger partial charge in [0, 0.05) is 6.54 Å². The Bertz CT molecular complexity index is 394. The maximum Gasteiger partial charge on any atom is 0.377 e. The Morgan fingerprint density at radius 2 is 2.38 bits per heavy atom. The third-order valence-corrected chi connectivity index (χ3v) is 3.34. The Kier molecular flexibility index (Phi) is 2.67. The highest BCUT2D eigenvalue weighted by Crippen LogP contribution is 2.36. The normalized spacial score (nSPS) is 25.2. The summed E-state index contributed by atoms with van der Waals surface area (Å²) in [5, 5.41) is 15.5. The van der Waals surface area contributed by atoms with Gasteiger partial charge in [0.05, 0.1) is 5.41 Å². The van der Waals surface area contributed by atoms with Crippen LogP contribution in [0.3, 0.4) is 0 Å². The largest absolute Gasteiger partial charge is 0.475 e. The van der Waals surface area contributed by atoms with E-state index in [2.05, 4.69) is 29.3 Å². The molecule has 1 aromatic rings. The van der Waals surface area contributed by atoms with Crippen molar-refractivity contribution in [3.8, 4) is 0 Å². The lowest BCUT2D eigenvalue weighted by molar-refractivity contribution is 0.0680. The molecule has 1 fully saturated rings. The Hall–Kier alpha value is -1.43. The number of hydrogen-bond acceptors (Lipinski definition) is 5. The third kappa shape index (κ3) is 1.59. The summed E-state index contributed by atoms with van der Waals surface area (Å²) in [7, 11) is 0. The number of aromatic nitrogens is 2. The summed E-state index contributed by atoms with van der Waals surface area (Å²) >= 11 is 0. The monoisotopic (exact) mass is 225 g/mol. The molecule has 1 saturated heterocycles. The summed E-state index contributed by atoms with van der Waals surface area (Å²) < 4.78 is 5.09. The van der Waals surface area contributed by atoms with E-state index in [4.69, 9.17) is 9.63 Å². The number of nitrogens with one attached hydrogen (secondary N) is 1. The summed E-state index contributed by atoms with van der Waals surface area (Å²) in [6.45, 7) is 5.81. The van der Waals surface area contributed by atoms with E-state index in [1.54, 1.807) is 0 Å². The van der Waals surface area contributed by atoms with Crippen molar-refractivity contribution >= 4 is 5.97 Å². The minimum atomic E-state index is -1.15. The topological polar surface area (TPSA) is 88.2 Å². The minimum Gasteiger partial charge on any atom is -0.475 e. The molecule has 6 heteroatoms. The second kappa shape index (κ2) is 3.86. The maximum atomic E-state index is 10.7. The first-order valence-electron chi connectivity index (χ1n) is 5.34. The zero-order valence-electron chi connectivity index (χ0n) is 9.36. The van der Waals surface area contributed by atoms with Gasteiger partial charge in [0.2, 0.25) is 5.89 Å². The first kappa shape index (κ1) is 11.1. The quantitative estimate of drug-likeness (QED) is 0.785. The van der Waals surface area contributed by atoms with Crippen LogP contribution >= 0.6 is 0 Å². The summed E-state index contributed by atoms with van der Waals surface area (Å²) in [6, 6.07) is 0. The van der Waals surface area contributed by atoms with Crippen molar-refractivity contribution < 1.29 is 14.4 Å². The van der Waals surface area contributed by atoms with Crippen LogP contribution in [-0.2, 0) is 5.41 Å². The number of aromatic carboxylic acids is 1. The number of rotatable bonds is 3. The molecule has 88 valence electrons. The van der Waals surface area contributed by atoms with Gasteiger partial charge in [0.25, 0.3) is 5.82 Å². The molecule has 16 heavy (non-hydrogen) atoms. The fraction of sp³-hybridized carbons (Fsp3) is 0.700. The molecule has 0 radical (unpaired) electrons. The van der Waals surface area contributed by atoms with Crippen molar-refractivity contribution in [2.24, 2.45) is 5.92 Å². The molecule has 0 amide bonds. The van der Waals surface area contributed by atoms with Gasteiger partial charge in [-0.2, -0.15) is 4.98 Å². The minimum absolute atomic E-state index is 0.222. The van der Waals surface area contributed by atoms with E-state index >= 15 is 0 Å². The Morgan fingerprint density at radius 3 is 2.81 bits per heavy atom. The molecule has 1 aromatic heterocycles. The molecule has 0 saturated carbocycles. The van der Waals surface area contributed by atoms with Gasteiger partial charge in [-0.15, -0.1) is 0 Å². The standard InChI is InChI=1S/C10H15N3O3/c1-6(2)10(3-4-11-5-10)9-12-7(8(14)15)13-16-9/h6,11H,3-5H2,1-2H3,(H,14,15). The highest BCUT2D eigenvalue weighted by molar-refractivity contribution is 5.82. The highest BCUT2D eigenvalue weighted by atomic mass is 16.5. The maximum absolute atomic E-state index is 10.7. The van der Waals surface area contributed by atoms with Gasteiger partial charge in [-0.3, -0.25) is 0 Å². The van der Waals surface area contributed by atoms with Crippen LogP contribution in [0.1, 0.15) is 36.8 Å². The van der Waals surface area contributed by atoms with Gasteiger partial charge in [0.15, 0.2) is 0 Å². The second-order valence-electron chi connectivity index (χ2n) is 4.47. The van der Waals surface area contributed by atoms with Crippen molar-refractivity contribution in [2.45, 2.75) is 25.7 Å². The van der Waals surface area contributed by atoms with Gasteiger partial charge in [-0.05, 0) is 24.0 Å². The van der Waals surface area contributed by atoms with Gasteiger partial charge in [0.1, 0.15) is 0 Å². The molecular formula is C10H15N3O3. The predicted molar refractivity (Wildman–Crippen MR) is 55.3 cm³/mol. The lowest BCUT2D eigenvalue weighted by Crippen LogP contribution is -2.35. The van der Waals surface area contributed by atoms with Crippen LogP contribution in [0, 0.1) is 5.92 Å². The molecule has 1 aliphatic heterocycles. The average Bonchev–Trinajstić information content (AvgIpc) is 2.87. The summed E-state index contributed by atoms with van der Waals surface area (Å²) in [4.78, 5) is 14.7. The summed E-state index contributed by atoms with van der Waals surface area (Å²) in [6.07, 6.45) is 0.895. The first-order valence-corrected chi connectivity index (χ1v) is 5.34. The molecular weight excluding hydrogens is 210 g/mol. The molecule has 2 heterocycles. The zero-order chi connectivity index (χ0) is 11.8. The van der Waals surface area contributed by atoms with Crippen LogP contribution in [0.15, 0.2) is 4.52 Å². The van der Waals surface area contributed by atoms with E-state index in [0.717, 1.165) is 19.5 Å². The number of carboxylic acids is 1. The Balaban J connectivity index is 2.36. The van der Waals surface area contributed by atoms with E-state index in [1.165, 1.54) is 0 Å². The predicted octanol–water partition coefficient (Wildman–Crippen LogP) is 0.655. The van der Waals surface area contributed by atoms with Gasteiger partial charge in [-0.1, -0.05) is 13.8 Å². The van der Waals surface area contributed by atoms with Crippen molar-refractivity contribution in [3.63, 3.8) is 0 Å². The van der Waals surface area contributed by atoms with E-state index in [0.29, 0.717) is 11.8 Å².